The molecule has 68 valence electrons. The van der Waals surface area contributed by atoms with E-state index in [2.05, 4.69) is 18.8 Å². The van der Waals surface area contributed by atoms with Crippen molar-refractivity contribution in [2.45, 2.75) is 51.7 Å². The Morgan fingerprint density at radius 2 is 2.33 bits per heavy atom. The van der Waals surface area contributed by atoms with Crippen molar-refractivity contribution >= 4 is 5.90 Å². The SMILES string of the molecule is CCC1=NC2CCC(C)CC2O1. The molecule has 0 aromatic heterocycles. The van der Waals surface area contributed by atoms with E-state index < -0.39 is 0 Å². The highest BCUT2D eigenvalue weighted by molar-refractivity contribution is 5.77. The number of hydrogen-bond acceptors (Lipinski definition) is 2. The van der Waals surface area contributed by atoms with Gasteiger partial charge in [0, 0.05) is 6.42 Å². The van der Waals surface area contributed by atoms with Gasteiger partial charge in [0.05, 0.1) is 6.04 Å². The summed E-state index contributed by atoms with van der Waals surface area (Å²) < 4.78 is 5.73. The first kappa shape index (κ1) is 8.09. The summed E-state index contributed by atoms with van der Waals surface area (Å²) in [5, 5.41) is 0. The van der Waals surface area contributed by atoms with Crippen LogP contribution in [0.1, 0.15) is 39.5 Å². The van der Waals surface area contributed by atoms with Gasteiger partial charge >= 0.3 is 0 Å². The summed E-state index contributed by atoms with van der Waals surface area (Å²) in [4.78, 5) is 4.56. The van der Waals surface area contributed by atoms with E-state index in [1.54, 1.807) is 0 Å². The van der Waals surface area contributed by atoms with Crippen molar-refractivity contribution in [1.82, 2.24) is 0 Å². The van der Waals surface area contributed by atoms with Gasteiger partial charge in [-0.25, -0.2) is 4.99 Å². The van der Waals surface area contributed by atoms with Crippen molar-refractivity contribution in [3.8, 4) is 0 Å². The lowest BCUT2D eigenvalue weighted by molar-refractivity contribution is 0.124. The van der Waals surface area contributed by atoms with E-state index in [1.165, 1.54) is 19.3 Å². The maximum Gasteiger partial charge on any atom is 0.183 e. The predicted molar refractivity (Wildman–Crippen MR) is 49.4 cm³/mol. The molecule has 0 bridgehead atoms. The van der Waals surface area contributed by atoms with E-state index in [4.69, 9.17) is 4.74 Å². The molecular weight excluding hydrogens is 150 g/mol. The summed E-state index contributed by atoms with van der Waals surface area (Å²) in [7, 11) is 0. The lowest BCUT2D eigenvalue weighted by Crippen LogP contribution is -2.29. The second-order valence-corrected chi connectivity index (χ2v) is 4.02. The summed E-state index contributed by atoms with van der Waals surface area (Å²) in [6, 6.07) is 0.496. The van der Waals surface area contributed by atoms with E-state index in [1.807, 2.05) is 0 Å². The van der Waals surface area contributed by atoms with Crippen LogP contribution in [0.5, 0.6) is 0 Å². The quantitative estimate of drug-likeness (QED) is 0.587. The maximum atomic E-state index is 5.73. The molecule has 12 heavy (non-hydrogen) atoms. The summed E-state index contributed by atoms with van der Waals surface area (Å²) in [5.41, 5.74) is 0. The maximum absolute atomic E-state index is 5.73. The summed E-state index contributed by atoms with van der Waals surface area (Å²) in [5.74, 6) is 1.82. The zero-order valence-electron chi connectivity index (χ0n) is 7.92. The number of rotatable bonds is 1. The van der Waals surface area contributed by atoms with Crippen molar-refractivity contribution in [1.29, 1.82) is 0 Å². The third-order valence-corrected chi connectivity index (χ3v) is 2.92. The van der Waals surface area contributed by atoms with Crippen molar-refractivity contribution in [3.05, 3.63) is 0 Å². The molecule has 0 N–H and O–H groups in total. The molecule has 0 amide bonds. The van der Waals surface area contributed by atoms with Gasteiger partial charge in [0.2, 0.25) is 0 Å². The van der Waals surface area contributed by atoms with Crippen LogP contribution < -0.4 is 0 Å². The van der Waals surface area contributed by atoms with Crippen LogP contribution in [0.4, 0.5) is 0 Å². The Balaban J connectivity index is 2.00. The highest BCUT2D eigenvalue weighted by atomic mass is 16.5. The Bertz CT molecular complexity index is 200. The Labute approximate surface area is 74.0 Å². The molecule has 1 aliphatic carbocycles. The van der Waals surface area contributed by atoms with Gasteiger partial charge in [-0.3, -0.25) is 0 Å². The lowest BCUT2D eigenvalue weighted by atomic mass is 9.86. The molecule has 0 radical (unpaired) electrons. The third kappa shape index (κ3) is 1.35. The van der Waals surface area contributed by atoms with Crippen molar-refractivity contribution < 1.29 is 4.74 Å². The standard InChI is InChI=1S/C10H17NO/c1-3-10-11-8-5-4-7(2)6-9(8)12-10/h7-9H,3-6H2,1-2H3. The minimum Gasteiger partial charge on any atom is -0.475 e. The van der Waals surface area contributed by atoms with Crippen LogP contribution in [-0.4, -0.2) is 18.0 Å². The molecule has 2 heteroatoms. The van der Waals surface area contributed by atoms with Crippen LogP contribution in [0.25, 0.3) is 0 Å². The molecular formula is C10H17NO. The fourth-order valence-electron chi connectivity index (χ4n) is 2.15. The van der Waals surface area contributed by atoms with Crippen molar-refractivity contribution in [2.24, 2.45) is 10.9 Å². The average Bonchev–Trinajstić information content (AvgIpc) is 2.46. The Morgan fingerprint density at radius 3 is 3.08 bits per heavy atom. The van der Waals surface area contributed by atoms with Gasteiger partial charge < -0.3 is 4.74 Å². The molecule has 3 unspecified atom stereocenters. The first-order chi connectivity index (χ1) is 5.79. The Morgan fingerprint density at radius 1 is 1.50 bits per heavy atom. The fraction of sp³-hybridized carbons (Fsp3) is 0.900. The molecule has 1 fully saturated rings. The highest BCUT2D eigenvalue weighted by Crippen LogP contribution is 2.32. The van der Waals surface area contributed by atoms with E-state index in [0.717, 1.165) is 18.2 Å². The van der Waals surface area contributed by atoms with Gasteiger partial charge in [-0.15, -0.1) is 0 Å². The molecule has 0 aromatic rings. The zero-order valence-corrected chi connectivity index (χ0v) is 7.92. The van der Waals surface area contributed by atoms with Gasteiger partial charge in [-0.05, 0) is 25.2 Å². The normalized spacial score (nSPS) is 40.2. The smallest absolute Gasteiger partial charge is 0.183 e. The first-order valence-corrected chi connectivity index (χ1v) is 5.03. The van der Waals surface area contributed by atoms with E-state index >= 15 is 0 Å². The fourth-order valence-corrected chi connectivity index (χ4v) is 2.15. The summed E-state index contributed by atoms with van der Waals surface area (Å²) >= 11 is 0. The number of hydrogen-bond donors (Lipinski definition) is 0. The number of fused-ring (bicyclic) bond motifs is 1. The summed E-state index contributed by atoms with van der Waals surface area (Å²) in [6.45, 7) is 4.42. The van der Waals surface area contributed by atoms with Gasteiger partial charge in [-0.2, -0.15) is 0 Å². The molecule has 2 nitrogen and oxygen atoms in total. The average molecular weight is 167 g/mol. The van der Waals surface area contributed by atoms with E-state index in [9.17, 15) is 0 Å². The molecule has 1 saturated carbocycles. The van der Waals surface area contributed by atoms with Gasteiger partial charge in [-0.1, -0.05) is 13.8 Å². The number of aliphatic imine (C=N–C) groups is 1. The first-order valence-electron chi connectivity index (χ1n) is 5.03. The molecule has 2 rings (SSSR count). The van der Waals surface area contributed by atoms with Crippen LogP contribution in [0, 0.1) is 5.92 Å². The molecule has 1 aliphatic heterocycles. The second kappa shape index (κ2) is 3.08. The Kier molecular flexibility index (Phi) is 2.07. The largest absolute Gasteiger partial charge is 0.475 e. The molecule has 3 atom stereocenters. The number of ether oxygens (including phenoxy) is 1. The molecule has 1 heterocycles. The minimum absolute atomic E-state index is 0.420. The molecule has 2 aliphatic rings. The summed E-state index contributed by atoms with van der Waals surface area (Å²) in [6.07, 6.45) is 5.14. The predicted octanol–water partition coefficient (Wildman–Crippen LogP) is 2.38. The third-order valence-electron chi connectivity index (χ3n) is 2.92. The molecule has 0 spiro atoms. The second-order valence-electron chi connectivity index (χ2n) is 4.02. The zero-order chi connectivity index (χ0) is 8.55. The van der Waals surface area contributed by atoms with E-state index in [0.29, 0.717) is 12.1 Å². The van der Waals surface area contributed by atoms with Gasteiger partial charge in [0.25, 0.3) is 0 Å². The van der Waals surface area contributed by atoms with Crippen molar-refractivity contribution in [2.75, 3.05) is 0 Å². The van der Waals surface area contributed by atoms with Gasteiger partial charge in [0.1, 0.15) is 6.10 Å². The topological polar surface area (TPSA) is 21.6 Å². The van der Waals surface area contributed by atoms with Crippen LogP contribution in [0.3, 0.4) is 0 Å². The molecule has 0 saturated heterocycles. The van der Waals surface area contributed by atoms with Crippen LogP contribution >= 0.6 is 0 Å². The highest BCUT2D eigenvalue weighted by Gasteiger charge is 2.34. The molecule has 0 aromatic carbocycles. The van der Waals surface area contributed by atoms with Crippen LogP contribution in [0.2, 0.25) is 0 Å². The minimum atomic E-state index is 0.420. The number of nitrogens with zero attached hydrogens (tertiary/aromatic N) is 1. The van der Waals surface area contributed by atoms with Crippen molar-refractivity contribution in [3.63, 3.8) is 0 Å². The monoisotopic (exact) mass is 167 g/mol. The van der Waals surface area contributed by atoms with Crippen LogP contribution in [0.15, 0.2) is 4.99 Å². The van der Waals surface area contributed by atoms with Crippen LogP contribution in [-0.2, 0) is 4.74 Å². The Hall–Kier alpha value is -0.530. The van der Waals surface area contributed by atoms with Gasteiger partial charge in [0.15, 0.2) is 5.90 Å². The van der Waals surface area contributed by atoms with E-state index in [-0.39, 0.29) is 0 Å². The lowest BCUT2D eigenvalue weighted by Gasteiger charge is -2.27.